The number of nitrogens with one attached hydrogen (secondary N) is 1. The molecule has 0 bridgehead atoms. The third kappa shape index (κ3) is 2.32. The van der Waals surface area contributed by atoms with Crippen molar-refractivity contribution < 1.29 is 0 Å². The highest BCUT2D eigenvalue weighted by molar-refractivity contribution is 5.43. The Kier molecular flexibility index (Phi) is 3.64. The van der Waals surface area contributed by atoms with Gasteiger partial charge in [-0.15, -0.1) is 0 Å². The normalized spacial score (nSPS) is 10.4. The van der Waals surface area contributed by atoms with Crippen LogP contribution in [-0.4, -0.2) is 22.6 Å². The lowest BCUT2D eigenvalue weighted by Crippen LogP contribution is -2.31. The molecule has 0 saturated heterocycles. The van der Waals surface area contributed by atoms with Gasteiger partial charge in [-0.2, -0.15) is 0 Å². The largest absolute Gasteiger partial charge is 0.353 e. The minimum atomic E-state index is 0.405. The predicted octanol–water partition coefficient (Wildman–Crippen LogP) is 0.997. The Hall–Kier alpha value is -1.36. The number of aromatic nitrogens is 2. The van der Waals surface area contributed by atoms with Gasteiger partial charge in [0.25, 0.3) is 0 Å². The Bertz CT molecular complexity index is 286. The first kappa shape index (κ1) is 10.7. The summed E-state index contributed by atoms with van der Waals surface area (Å²) < 4.78 is 0. The van der Waals surface area contributed by atoms with Crippen molar-refractivity contribution >= 4 is 11.6 Å². The van der Waals surface area contributed by atoms with E-state index in [0.717, 1.165) is 12.4 Å². The fraction of sp³-hybridized carbons (Fsp3) is 0.556. The summed E-state index contributed by atoms with van der Waals surface area (Å²) in [6, 6.07) is 0.405. The van der Waals surface area contributed by atoms with Gasteiger partial charge in [0.1, 0.15) is 5.82 Å². The van der Waals surface area contributed by atoms with E-state index in [1.807, 2.05) is 0 Å². The molecule has 0 aliphatic rings. The molecule has 3 N–H and O–H groups in total. The molecule has 0 fully saturated rings. The topological polar surface area (TPSA) is 67.1 Å². The zero-order valence-electron chi connectivity index (χ0n) is 8.86. The molecule has 0 amide bonds. The van der Waals surface area contributed by atoms with Crippen molar-refractivity contribution in [1.29, 1.82) is 0 Å². The summed E-state index contributed by atoms with van der Waals surface area (Å²) in [6.45, 7) is 7.23. The highest BCUT2D eigenvalue weighted by atomic mass is 15.3. The maximum absolute atomic E-state index is 5.27. The first-order chi connectivity index (χ1) is 6.69. The number of hydrogen-bond acceptors (Lipinski definition) is 5. The lowest BCUT2D eigenvalue weighted by Gasteiger charge is -2.25. The molecule has 14 heavy (non-hydrogen) atoms. The molecule has 0 aromatic carbocycles. The average Bonchev–Trinajstić information content (AvgIpc) is 2.19. The second kappa shape index (κ2) is 4.76. The molecule has 0 radical (unpaired) electrons. The van der Waals surface area contributed by atoms with E-state index in [1.54, 1.807) is 12.4 Å². The third-order valence-corrected chi connectivity index (χ3v) is 2.03. The van der Waals surface area contributed by atoms with Gasteiger partial charge in [0.15, 0.2) is 5.82 Å². The van der Waals surface area contributed by atoms with E-state index in [-0.39, 0.29) is 0 Å². The van der Waals surface area contributed by atoms with Crippen LogP contribution < -0.4 is 16.2 Å². The molecule has 0 atom stereocenters. The molecular weight excluding hydrogens is 178 g/mol. The maximum Gasteiger partial charge on any atom is 0.160 e. The van der Waals surface area contributed by atoms with E-state index in [0.29, 0.717) is 11.9 Å². The van der Waals surface area contributed by atoms with Gasteiger partial charge in [-0.05, 0) is 20.8 Å². The molecule has 1 heterocycles. The molecule has 0 spiro atoms. The Labute approximate surface area is 84.3 Å². The maximum atomic E-state index is 5.27. The van der Waals surface area contributed by atoms with Crippen LogP contribution in [0.4, 0.5) is 11.6 Å². The molecule has 78 valence electrons. The lowest BCUT2D eigenvalue weighted by atomic mass is 10.3. The van der Waals surface area contributed by atoms with Crippen molar-refractivity contribution in [3.8, 4) is 0 Å². The Balaban J connectivity index is 2.92. The van der Waals surface area contributed by atoms with E-state index in [4.69, 9.17) is 5.84 Å². The SMILES string of the molecule is CCN(c1cncc(NN)n1)C(C)C. The first-order valence-electron chi connectivity index (χ1n) is 4.74. The first-order valence-corrected chi connectivity index (χ1v) is 4.74. The number of nitrogens with zero attached hydrogens (tertiary/aromatic N) is 3. The average molecular weight is 195 g/mol. The van der Waals surface area contributed by atoms with E-state index in [2.05, 4.69) is 41.1 Å². The molecule has 1 rings (SSSR count). The van der Waals surface area contributed by atoms with Crippen molar-refractivity contribution in [3.63, 3.8) is 0 Å². The van der Waals surface area contributed by atoms with Crippen molar-refractivity contribution in [1.82, 2.24) is 9.97 Å². The van der Waals surface area contributed by atoms with E-state index >= 15 is 0 Å². The number of nitrogen functional groups attached to an aromatic ring is 1. The Morgan fingerprint density at radius 2 is 2.21 bits per heavy atom. The second-order valence-corrected chi connectivity index (χ2v) is 3.29. The third-order valence-electron chi connectivity index (χ3n) is 2.03. The molecule has 5 heteroatoms. The van der Waals surface area contributed by atoms with Crippen molar-refractivity contribution in [2.75, 3.05) is 16.9 Å². The predicted molar refractivity (Wildman–Crippen MR) is 58.0 cm³/mol. The van der Waals surface area contributed by atoms with Crippen molar-refractivity contribution in [2.45, 2.75) is 26.8 Å². The van der Waals surface area contributed by atoms with E-state index < -0.39 is 0 Å². The van der Waals surface area contributed by atoms with Crippen LogP contribution in [0, 0.1) is 0 Å². The number of rotatable bonds is 4. The fourth-order valence-corrected chi connectivity index (χ4v) is 1.36. The summed E-state index contributed by atoms with van der Waals surface area (Å²) in [6.07, 6.45) is 3.34. The Morgan fingerprint density at radius 1 is 1.50 bits per heavy atom. The second-order valence-electron chi connectivity index (χ2n) is 3.29. The van der Waals surface area contributed by atoms with Crippen molar-refractivity contribution in [3.05, 3.63) is 12.4 Å². The van der Waals surface area contributed by atoms with E-state index in [1.165, 1.54) is 0 Å². The minimum absolute atomic E-state index is 0.405. The summed E-state index contributed by atoms with van der Waals surface area (Å²) in [4.78, 5) is 10.5. The van der Waals surface area contributed by atoms with Gasteiger partial charge >= 0.3 is 0 Å². The van der Waals surface area contributed by atoms with Gasteiger partial charge in [0, 0.05) is 12.6 Å². The summed E-state index contributed by atoms with van der Waals surface area (Å²) in [7, 11) is 0. The van der Waals surface area contributed by atoms with Crippen LogP contribution in [0.1, 0.15) is 20.8 Å². The molecular formula is C9H17N5. The molecule has 0 saturated carbocycles. The van der Waals surface area contributed by atoms with Gasteiger partial charge in [-0.1, -0.05) is 0 Å². The molecule has 5 nitrogen and oxygen atoms in total. The van der Waals surface area contributed by atoms with Crippen LogP contribution in [0.5, 0.6) is 0 Å². The summed E-state index contributed by atoms with van der Waals surface area (Å²) in [5.74, 6) is 6.70. The zero-order valence-corrected chi connectivity index (χ0v) is 8.86. The molecule has 1 aromatic rings. The quantitative estimate of drug-likeness (QED) is 0.554. The van der Waals surface area contributed by atoms with Gasteiger partial charge in [0.05, 0.1) is 12.4 Å². The highest BCUT2D eigenvalue weighted by Gasteiger charge is 2.09. The van der Waals surface area contributed by atoms with Gasteiger partial charge < -0.3 is 10.3 Å². The van der Waals surface area contributed by atoms with Crippen LogP contribution in [0.15, 0.2) is 12.4 Å². The standard InChI is InChI=1S/C9H17N5/c1-4-14(7(2)3)9-6-11-5-8(12-9)13-10/h5-7H,4,10H2,1-3H3,(H,12,13). The lowest BCUT2D eigenvalue weighted by molar-refractivity contribution is 0.691. The highest BCUT2D eigenvalue weighted by Crippen LogP contribution is 2.13. The zero-order chi connectivity index (χ0) is 10.6. The van der Waals surface area contributed by atoms with Crippen LogP contribution in [0.2, 0.25) is 0 Å². The van der Waals surface area contributed by atoms with Crippen LogP contribution in [0.3, 0.4) is 0 Å². The number of hydrazine groups is 1. The summed E-state index contributed by atoms with van der Waals surface area (Å²) >= 11 is 0. The number of hydrogen-bond donors (Lipinski definition) is 2. The molecule has 0 unspecified atom stereocenters. The fourth-order valence-electron chi connectivity index (χ4n) is 1.36. The summed E-state index contributed by atoms with van der Waals surface area (Å²) in [5.41, 5.74) is 2.48. The smallest absolute Gasteiger partial charge is 0.160 e. The Morgan fingerprint density at radius 3 is 2.71 bits per heavy atom. The monoisotopic (exact) mass is 195 g/mol. The van der Waals surface area contributed by atoms with Gasteiger partial charge in [-0.3, -0.25) is 4.98 Å². The van der Waals surface area contributed by atoms with Crippen molar-refractivity contribution in [2.24, 2.45) is 5.84 Å². The van der Waals surface area contributed by atoms with Gasteiger partial charge in [0.2, 0.25) is 0 Å². The minimum Gasteiger partial charge on any atom is -0.353 e. The van der Waals surface area contributed by atoms with Crippen LogP contribution in [0.25, 0.3) is 0 Å². The number of anilines is 2. The van der Waals surface area contributed by atoms with Gasteiger partial charge in [-0.25, -0.2) is 10.8 Å². The molecule has 1 aromatic heterocycles. The molecule has 0 aliphatic heterocycles. The van der Waals surface area contributed by atoms with Crippen LogP contribution >= 0.6 is 0 Å². The van der Waals surface area contributed by atoms with E-state index in [9.17, 15) is 0 Å². The van der Waals surface area contributed by atoms with Crippen LogP contribution in [-0.2, 0) is 0 Å². The number of nitrogens with two attached hydrogens (primary N) is 1. The molecule has 0 aliphatic carbocycles. The summed E-state index contributed by atoms with van der Waals surface area (Å²) in [5, 5.41) is 0.